The Labute approximate surface area is 143 Å². The maximum atomic E-state index is 11.9. The van der Waals surface area contributed by atoms with Crippen LogP contribution < -0.4 is 21.1 Å². The van der Waals surface area contributed by atoms with Gasteiger partial charge < -0.3 is 26.0 Å². The Bertz CT molecular complexity index is 607. The van der Waals surface area contributed by atoms with Crippen LogP contribution in [-0.4, -0.2) is 44.6 Å². The Morgan fingerprint density at radius 1 is 1.25 bits per heavy atom. The van der Waals surface area contributed by atoms with E-state index in [2.05, 4.69) is 31.4 Å². The molecular formula is C17H28N4O3. The van der Waals surface area contributed by atoms with Crippen LogP contribution in [0.2, 0.25) is 0 Å². The minimum atomic E-state index is -0.665. The molecule has 0 bridgehead atoms. The molecule has 1 rings (SSSR count). The summed E-state index contributed by atoms with van der Waals surface area (Å²) in [6.07, 6.45) is 0. The second-order valence-corrected chi connectivity index (χ2v) is 6.97. The topological polar surface area (TPSA) is 96.7 Å². The lowest BCUT2D eigenvalue weighted by Gasteiger charge is -2.23. The van der Waals surface area contributed by atoms with Gasteiger partial charge in [0.15, 0.2) is 0 Å². The van der Waals surface area contributed by atoms with Gasteiger partial charge in [0, 0.05) is 12.1 Å². The van der Waals surface area contributed by atoms with Crippen LogP contribution in [0.25, 0.3) is 0 Å². The van der Waals surface area contributed by atoms with Crippen LogP contribution in [0.1, 0.15) is 31.9 Å². The highest BCUT2D eigenvalue weighted by Gasteiger charge is 2.20. The fourth-order valence-corrected chi connectivity index (χ4v) is 2.26. The second kappa shape index (κ2) is 8.01. The van der Waals surface area contributed by atoms with Crippen molar-refractivity contribution in [2.24, 2.45) is 5.73 Å². The van der Waals surface area contributed by atoms with Crippen LogP contribution in [0.15, 0.2) is 12.1 Å². The van der Waals surface area contributed by atoms with E-state index in [1.165, 1.54) is 7.11 Å². The summed E-state index contributed by atoms with van der Waals surface area (Å²) >= 11 is 0. The number of benzene rings is 1. The maximum Gasteiger partial charge on any atom is 0.316 e. The zero-order valence-electron chi connectivity index (χ0n) is 15.3. The number of urea groups is 1. The molecule has 0 aliphatic heterocycles. The van der Waals surface area contributed by atoms with E-state index < -0.39 is 6.03 Å². The Morgan fingerprint density at radius 3 is 2.33 bits per heavy atom. The number of nitrogens with zero attached hydrogens (tertiary/aromatic N) is 1. The van der Waals surface area contributed by atoms with Crippen LogP contribution >= 0.6 is 0 Å². The first-order valence-electron chi connectivity index (χ1n) is 7.74. The first kappa shape index (κ1) is 19.8. The van der Waals surface area contributed by atoms with Crippen molar-refractivity contribution in [2.75, 3.05) is 33.1 Å². The van der Waals surface area contributed by atoms with Crippen LogP contribution in [0, 0.1) is 0 Å². The molecule has 7 heteroatoms. The van der Waals surface area contributed by atoms with Crippen molar-refractivity contribution in [3.8, 4) is 5.75 Å². The highest BCUT2D eigenvalue weighted by Crippen LogP contribution is 2.35. The highest BCUT2D eigenvalue weighted by molar-refractivity contribution is 5.90. The molecule has 7 nitrogen and oxygen atoms in total. The quantitative estimate of drug-likeness (QED) is 0.736. The number of amides is 3. The number of primary amides is 1. The van der Waals surface area contributed by atoms with Crippen molar-refractivity contribution < 1.29 is 14.3 Å². The predicted octanol–water partition coefficient (Wildman–Crippen LogP) is 1.66. The van der Waals surface area contributed by atoms with Crippen molar-refractivity contribution in [1.29, 1.82) is 0 Å². The molecule has 0 spiro atoms. The minimum Gasteiger partial charge on any atom is -0.494 e. The van der Waals surface area contributed by atoms with Gasteiger partial charge in [-0.25, -0.2) is 4.79 Å². The molecule has 0 saturated heterocycles. The molecule has 24 heavy (non-hydrogen) atoms. The lowest BCUT2D eigenvalue weighted by atomic mass is 9.85. The molecule has 0 saturated carbocycles. The molecule has 0 aliphatic rings. The zero-order chi connectivity index (χ0) is 18.5. The van der Waals surface area contributed by atoms with Crippen LogP contribution in [0.5, 0.6) is 5.75 Å². The zero-order valence-corrected chi connectivity index (χ0v) is 15.3. The molecule has 1 aromatic carbocycles. The summed E-state index contributed by atoms with van der Waals surface area (Å²) in [5, 5.41) is 5.45. The number of anilines is 1. The van der Waals surface area contributed by atoms with Gasteiger partial charge in [-0.15, -0.1) is 0 Å². The van der Waals surface area contributed by atoms with E-state index in [4.69, 9.17) is 10.5 Å². The fraction of sp³-hybridized carbons (Fsp3) is 0.529. The number of ether oxygens (including phenoxy) is 1. The predicted molar refractivity (Wildman–Crippen MR) is 95.3 cm³/mol. The number of hydrogen-bond acceptors (Lipinski definition) is 4. The summed E-state index contributed by atoms with van der Waals surface area (Å²) in [6.45, 7) is 6.80. The van der Waals surface area contributed by atoms with Crippen molar-refractivity contribution in [2.45, 2.75) is 32.7 Å². The average molecular weight is 336 g/mol. The van der Waals surface area contributed by atoms with Crippen LogP contribution in [0.4, 0.5) is 10.5 Å². The molecular weight excluding hydrogens is 308 g/mol. The summed E-state index contributed by atoms with van der Waals surface area (Å²) in [5.41, 5.74) is 7.39. The van der Waals surface area contributed by atoms with Gasteiger partial charge >= 0.3 is 6.03 Å². The molecule has 0 aromatic heterocycles. The van der Waals surface area contributed by atoms with Gasteiger partial charge in [0.2, 0.25) is 5.91 Å². The normalized spacial score (nSPS) is 11.3. The summed E-state index contributed by atoms with van der Waals surface area (Å²) in [7, 11) is 5.17. The number of nitrogens with one attached hydrogen (secondary N) is 2. The molecule has 0 radical (unpaired) electrons. The van der Waals surface area contributed by atoms with E-state index in [0.717, 1.165) is 11.1 Å². The van der Waals surface area contributed by atoms with Crippen molar-refractivity contribution >= 4 is 17.6 Å². The van der Waals surface area contributed by atoms with Crippen molar-refractivity contribution in [1.82, 2.24) is 10.2 Å². The highest BCUT2D eigenvalue weighted by atomic mass is 16.5. The molecule has 0 heterocycles. The second-order valence-electron chi connectivity index (χ2n) is 6.97. The fourth-order valence-electron chi connectivity index (χ4n) is 2.26. The number of carbonyl (C=O) groups is 2. The Hall–Kier alpha value is -2.28. The van der Waals surface area contributed by atoms with Crippen LogP contribution in [-0.2, 0) is 16.8 Å². The third-order valence-corrected chi connectivity index (χ3v) is 3.43. The lowest BCUT2D eigenvalue weighted by molar-refractivity contribution is -0.121. The summed E-state index contributed by atoms with van der Waals surface area (Å²) in [6, 6.07) is 3.15. The van der Waals surface area contributed by atoms with Gasteiger partial charge in [0.1, 0.15) is 5.75 Å². The SMILES string of the molecule is COc1c(CNC(=O)CN(C)C)cc(C(C)(C)C)cc1NC(N)=O. The van der Waals surface area contributed by atoms with Gasteiger partial charge in [0.05, 0.1) is 19.3 Å². The first-order valence-corrected chi connectivity index (χ1v) is 7.74. The summed E-state index contributed by atoms with van der Waals surface area (Å²) in [4.78, 5) is 25.0. The summed E-state index contributed by atoms with van der Waals surface area (Å²) < 4.78 is 5.43. The average Bonchev–Trinajstić information content (AvgIpc) is 2.42. The number of nitrogens with two attached hydrogens (primary N) is 1. The van der Waals surface area contributed by atoms with E-state index >= 15 is 0 Å². The van der Waals surface area contributed by atoms with Gasteiger partial charge in [-0.1, -0.05) is 20.8 Å². The van der Waals surface area contributed by atoms with Gasteiger partial charge in [-0.3, -0.25) is 4.79 Å². The smallest absolute Gasteiger partial charge is 0.316 e. The molecule has 0 aliphatic carbocycles. The Morgan fingerprint density at radius 2 is 1.88 bits per heavy atom. The molecule has 0 atom stereocenters. The van der Waals surface area contributed by atoms with Crippen molar-refractivity contribution in [3.63, 3.8) is 0 Å². The Kier molecular flexibility index (Phi) is 6.60. The van der Waals surface area contributed by atoms with Crippen LogP contribution in [0.3, 0.4) is 0 Å². The monoisotopic (exact) mass is 336 g/mol. The Balaban J connectivity index is 3.19. The molecule has 1 aromatic rings. The van der Waals surface area contributed by atoms with E-state index in [-0.39, 0.29) is 11.3 Å². The van der Waals surface area contributed by atoms with Crippen molar-refractivity contribution in [3.05, 3.63) is 23.3 Å². The van der Waals surface area contributed by atoms with Gasteiger partial charge in [0.25, 0.3) is 0 Å². The number of rotatable bonds is 6. The molecule has 0 unspecified atom stereocenters. The number of hydrogen-bond donors (Lipinski definition) is 3. The summed E-state index contributed by atoms with van der Waals surface area (Å²) in [5.74, 6) is 0.402. The van der Waals surface area contributed by atoms with Gasteiger partial charge in [-0.2, -0.15) is 0 Å². The van der Waals surface area contributed by atoms with E-state index in [1.807, 2.05) is 26.2 Å². The largest absolute Gasteiger partial charge is 0.494 e. The number of carbonyl (C=O) groups excluding carboxylic acids is 2. The molecule has 3 amide bonds. The third kappa shape index (κ3) is 5.73. The number of methoxy groups -OCH3 is 1. The van der Waals surface area contributed by atoms with Gasteiger partial charge in [-0.05, 0) is 37.2 Å². The standard InChI is InChI=1S/C17H28N4O3/c1-17(2,3)12-7-11(9-19-14(22)10-21(4)5)15(24-6)13(8-12)20-16(18)23/h7-8H,9-10H2,1-6H3,(H,19,22)(H3,18,20,23). The minimum absolute atomic E-state index is 0.0902. The maximum absolute atomic E-state index is 11.9. The van der Waals surface area contributed by atoms with E-state index in [0.29, 0.717) is 24.5 Å². The third-order valence-electron chi connectivity index (χ3n) is 3.43. The molecule has 0 fully saturated rings. The molecule has 134 valence electrons. The number of likely N-dealkylation sites (N-methyl/N-ethyl adjacent to an activating group) is 1. The van der Waals surface area contributed by atoms with E-state index in [1.54, 1.807) is 4.90 Å². The first-order chi connectivity index (χ1) is 11.0. The lowest BCUT2D eigenvalue weighted by Crippen LogP contribution is -2.33. The molecule has 4 N–H and O–H groups in total. The van der Waals surface area contributed by atoms with E-state index in [9.17, 15) is 9.59 Å².